The summed E-state index contributed by atoms with van der Waals surface area (Å²) in [7, 11) is -3.49. The van der Waals surface area contributed by atoms with Gasteiger partial charge in [0.2, 0.25) is 10.0 Å². The first kappa shape index (κ1) is 18.4. The number of amides is 1. The van der Waals surface area contributed by atoms with Gasteiger partial charge in [-0.3, -0.25) is 9.52 Å². The van der Waals surface area contributed by atoms with Crippen LogP contribution in [0.15, 0.2) is 48.5 Å². The lowest BCUT2D eigenvalue weighted by molar-refractivity contribution is -0.119. The summed E-state index contributed by atoms with van der Waals surface area (Å²) in [5, 5.41) is 2.28. The van der Waals surface area contributed by atoms with Crippen LogP contribution in [0.4, 0.5) is 15.8 Å². The number of rotatable bonds is 6. The average Bonchev–Trinajstić information content (AvgIpc) is 2.53. The van der Waals surface area contributed by atoms with E-state index in [1.807, 2.05) is 0 Å². The van der Waals surface area contributed by atoms with Gasteiger partial charge in [0.1, 0.15) is 5.82 Å². The molecular weight excluding hydrogens is 351 g/mol. The van der Waals surface area contributed by atoms with Crippen molar-refractivity contribution >= 4 is 33.3 Å². The molecule has 2 rings (SSSR count). The van der Waals surface area contributed by atoms with Crippen molar-refractivity contribution in [2.24, 2.45) is 0 Å². The highest BCUT2D eigenvalue weighted by molar-refractivity contribution is 7.92. The summed E-state index contributed by atoms with van der Waals surface area (Å²) in [5.74, 6) is -2.13. The summed E-state index contributed by atoms with van der Waals surface area (Å²) in [4.78, 5) is 23.6. The Labute approximate surface area is 143 Å². The normalized spacial score (nSPS) is 10.8. The van der Waals surface area contributed by atoms with Gasteiger partial charge >= 0.3 is 5.97 Å². The lowest BCUT2D eigenvalue weighted by Crippen LogP contribution is -2.21. The Morgan fingerprint density at radius 3 is 2.52 bits per heavy atom. The first-order valence-corrected chi connectivity index (χ1v) is 8.93. The van der Waals surface area contributed by atoms with Gasteiger partial charge in [0.05, 0.1) is 17.5 Å². The van der Waals surface area contributed by atoms with Crippen LogP contribution in [0.1, 0.15) is 10.4 Å². The molecule has 0 aliphatic carbocycles. The van der Waals surface area contributed by atoms with Crippen molar-refractivity contribution in [3.8, 4) is 0 Å². The SMILES string of the molecule is CS(=O)(=O)Nc1cccc(C(=O)OCC(=O)Nc2ccccc2F)c1. The highest BCUT2D eigenvalue weighted by Crippen LogP contribution is 2.14. The molecule has 0 saturated carbocycles. The fourth-order valence-corrected chi connectivity index (χ4v) is 2.44. The van der Waals surface area contributed by atoms with Crippen molar-refractivity contribution in [1.29, 1.82) is 0 Å². The van der Waals surface area contributed by atoms with Crippen molar-refractivity contribution in [2.45, 2.75) is 0 Å². The fourth-order valence-electron chi connectivity index (χ4n) is 1.89. The molecular formula is C16H15FN2O5S. The standard InChI is InChI=1S/C16H15FN2O5S/c1-25(22,23)19-12-6-4-5-11(9-12)16(21)24-10-15(20)18-14-8-3-2-7-13(14)17/h2-9,19H,10H2,1H3,(H,18,20). The highest BCUT2D eigenvalue weighted by atomic mass is 32.2. The number of halogens is 1. The first-order chi connectivity index (χ1) is 11.7. The lowest BCUT2D eigenvalue weighted by atomic mass is 10.2. The molecule has 0 aliphatic heterocycles. The molecule has 0 fully saturated rings. The Bertz CT molecular complexity index is 899. The van der Waals surface area contributed by atoms with E-state index in [2.05, 4.69) is 10.0 Å². The van der Waals surface area contributed by atoms with E-state index in [9.17, 15) is 22.4 Å². The number of esters is 1. The average molecular weight is 366 g/mol. The van der Waals surface area contributed by atoms with Crippen LogP contribution in [-0.4, -0.2) is 33.2 Å². The number of hydrogen-bond acceptors (Lipinski definition) is 5. The number of carbonyl (C=O) groups is 2. The molecule has 132 valence electrons. The largest absolute Gasteiger partial charge is 0.452 e. The van der Waals surface area contributed by atoms with Crippen LogP contribution < -0.4 is 10.0 Å². The maximum atomic E-state index is 13.4. The van der Waals surface area contributed by atoms with E-state index >= 15 is 0 Å². The van der Waals surface area contributed by atoms with Crippen molar-refractivity contribution in [3.63, 3.8) is 0 Å². The second-order valence-electron chi connectivity index (χ2n) is 5.06. The Morgan fingerprint density at radius 2 is 1.84 bits per heavy atom. The van der Waals surface area contributed by atoms with Gasteiger partial charge in [-0.1, -0.05) is 18.2 Å². The third-order valence-corrected chi connectivity index (χ3v) is 3.49. The van der Waals surface area contributed by atoms with Crippen LogP contribution in [0.5, 0.6) is 0 Å². The summed E-state index contributed by atoms with van der Waals surface area (Å²) in [6.07, 6.45) is 0.977. The zero-order valence-corrected chi connectivity index (χ0v) is 14.0. The number of para-hydroxylation sites is 1. The Balaban J connectivity index is 1.95. The summed E-state index contributed by atoms with van der Waals surface area (Å²) < 4.78 is 42.8. The minimum absolute atomic E-state index is 0.0251. The molecule has 7 nitrogen and oxygen atoms in total. The maximum absolute atomic E-state index is 13.4. The summed E-state index contributed by atoms with van der Waals surface area (Å²) in [6, 6.07) is 11.2. The highest BCUT2D eigenvalue weighted by Gasteiger charge is 2.13. The first-order valence-electron chi connectivity index (χ1n) is 7.04. The molecule has 2 N–H and O–H groups in total. The van der Waals surface area contributed by atoms with Crippen LogP contribution in [-0.2, 0) is 19.6 Å². The summed E-state index contributed by atoms with van der Waals surface area (Å²) >= 11 is 0. The van der Waals surface area contributed by atoms with Crippen molar-refractivity contribution in [2.75, 3.05) is 22.9 Å². The Morgan fingerprint density at radius 1 is 1.12 bits per heavy atom. The summed E-state index contributed by atoms with van der Waals surface area (Å²) in [6.45, 7) is -0.614. The maximum Gasteiger partial charge on any atom is 0.338 e. The molecule has 0 bridgehead atoms. The van der Waals surface area contributed by atoms with Crippen LogP contribution in [0.3, 0.4) is 0 Å². The van der Waals surface area contributed by atoms with Crippen LogP contribution in [0.25, 0.3) is 0 Å². The van der Waals surface area contributed by atoms with E-state index in [0.29, 0.717) is 0 Å². The van der Waals surface area contributed by atoms with Gasteiger partial charge in [0.15, 0.2) is 6.61 Å². The van der Waals surface area contributed by atoms with E-state index in [1.165, 1.54) is 42.5 Å². The molecule has 2 aromatic rings. The topological polar surface area (TPSA) is 102 Å². The third-order valence-electron chi connectivity index (χ3n) is 2.88. The number of carbonyl (C=O) groups excluding carboxylic acids is 2. The predicted molar refractivity (Wildman–Crippen MR) is 90.2 cm³/mol. The molecule has 0 spiro atoms. The van der Waals surface area contributed by atoms with Gasteiger partial charge < -0.3 is 10.1 Å². The number of hydrogen-bond donors (Lipinski definition) is 2. The fraction of sp³-hybridized carbons (Fsp3) is 0.125. The minimum Gasteiger partial charge on any atom is -0.452 e. The minimum atomic E-state index is -3.49. The Kier molecular flexibility index (Phi) is 5.71. The number of ether oxygens (including phenoxy) is 1. The molecule has 0 saturated heterocycles. The Hall–Kier alpha value is -2.94. The second kappa shape index (κ2) is 7.75. The molecule has 9 heteroatoms. The molecule has 0 aromatic heterocycles. The molecule has 0 unspecified atom stereocenters. The van der Waals surface area contributed by atoms with E-state index in [4.69, 9.17) is 4.74 Å². The molecule has 0 atom stereocenters. The predicted octanol–water partition coefficient (Wildman–Crippen LogP) is 1.99. The number of nitrogens with one attached hydrogen (secondary N) is 2. The van der Waals surface area contributed by atoms with E-state index in [0.717, 1.165) is 6.26 Å². The van der Waals surface area contributed by atoms with Gasteiger partial charge in [0, 0.05) is 5.69 Å². The van der Waals surface area contributed by atoms with Gasteiger partial charge in [-0.25, -0.2) is 17.6 Å². The van der Waals surface area contributed by atoms with Crippen LogP contribution in [0.2, 0.25) is 0 Å². The van der Waals surface area contributed by atoms with Crippen molar-refractivity contribution < 1.29 is 27.1 Å². The zero-order valence-electron chi connectivity index (χ0n) is 13.2. The van der Waals surface area contributed by atoms with Gasteiger partial charge in [-0.15, -0.1) is 0 Å². The van der Waals surface area contributed by atoms with Crippen molar-refractivity contribution in [3.05, 3.63) is 59.9 Å². The lowest BCUT2D eigenvalue weighted by Gasteiger charge is -2.08. The molecule has 0 radical (unpaired) electrons. The quantitative estimate of drug-likeness (QED) is 0.762. The molecule has 25 heavy (non-hydrogen) atoms. The molecule has 1 amide bonds. The van der Waals surface area contributed by atoms with Gasteiger partial charge in [0.25, 0.3) is 5.91 Å². The van der Waals surface area contributed by atoms with Crippen LogP contribution in [0, 0.1) is 5.82 Å². The molecule has 0 aliphatic rings. The van der Waals surface area contributed by atoms with E-state index in [1.54, 1.807) is 6.07 Å². The number of anilines is 2. The monoisotopic (exact) mass is 366 g/mol. The smallest absolute Gasteiger partial charge is 0.338 e. The van der Waals surface area contributed by atoms with Gasteiger partial charge in [-0.2, -0.15) is 0 Å². The van der Waals surface area contributed by atoms with Crippen LogP contribution >= 0.6 is 0 Å². The third kappa shape index (κ3) is 5.88. The number of sulfonamides is 1. The second-order valence-corrected chi connectivity index (χ2v) is 6.81. The zero-order chi connectivity index (χ0) is 18.4. The molecule has 0 heterocycles. The summed E-state index contributed by atoms with van der Waals surface area (Å²) in [5.41, 5.74) is 0.225. The van der Waals surface area contributed by atoms with Gasteiger partial charge in [-0.05, 0) is 30.3 Å². The number of benzene rings is 2. The molecule has 2 aromatic carbocycles. The van der Waals surface area contributed by atoms with Crippen molar-refractivity contribution in [1.82, 2.24) is 0 Å². The van der Waals surface area contributed by atoms with E-state index < -0.39 is 34.3 Å². The van der Waals surface area contributed by atoms with E-state index in [-0.39, 0.29) is 16.9 Å².